The first-order chi connectivity index (χ1) is 9.31. The van der Waals surface area contributed by atoms with Gasteiger partial charge in [0.15, 0.2) is 5.65 Å². The van der Waals surface area contributed by atoms with E-state index in [1.54, 1.807) is 0 Å². The summed E-state index contributed by atoms with van der Waals surface area (Å²) in [4.78, 5) is 4.42. The molecule has 0 bridgehead atoms. The second kappa shape index (κ2) is 5.53. The van der Waals surface area contributed by atoms with Gasteiger partial charge in [0.2, 0.25) is 0 Å². The van der Waals surface area contributed by atoms with Crippen LogP contribution < -0.4 is 5.32 Å². The fourth-order valence-corrected chi connectivity index (χ4v) is 2.59. The molecule has 19 heavy (non-hydrogen) atoms. The lowest BCUT2D eigenvalue weighted by atomic mass is 9.94. The normalized spacial score (nSPS) is 19.1. The predicted octanol–water partition coefficient (Wildman–Crippen LogP) is 2.48. The summed E-state index contributed by atoms with van der Waals surface area (Å²) < 4.78 is 1.86. The molecule has 0 radical (unpaired) electrons. The van der Waals surface area contributed by atoms with E-state index in [0.29, 0.717) is 0 Å². The molecule has 0 spiro atoms. The minimum absolute atomic E-state index is 0.786. The van der Waals surface area contributed by atoms with Gasteiger partial charge in [0.25, 0.3) is 0 Å². The minimum atomic E-state index is 0.786. The van der Waals surface area contributed by atoms with Gasteiger partial charge in [-0.1, -0.05) is 12.2 Å². The van der Waals surface area contributed by atoms with Crippen LogP contribution in [0.15, 0.2) is 30.6 Å². The molecule has 1 aliphatic carbocycles. The van der Waals surface area contributed by atoms with Gasteiger partial charge in [0.1, 0.15) is 0 Å². The van der Waals surface area contributed by atoms with Crippen molar-refractivity contribution in [1.82, 2.24) is 19.9 Å². The lowest BCUT2D eigenvalue weighted by Gasteiger charge is -2.18. The monoisotopic (exact) mass is 256 g/mol. The fraction of sp³-hybridized carbons (Fsp3) is 0.467. The molecule has 1 N–H and O–H groups in total. The molecule has 1 atom stereocenters. The van der Waals surface area contributed by atoms with Gasteiger partial charge in [-0.15, -0.1) is 0 Å². The third-order valence-corrected chi connectivity index (χ3v) is 3.63. The van der Waals surface area contributed by atoms with Gasteiger partial charge >= 0.3 is 0 Å². The van der Waals surface area contributed by atoms with E-state index in [-0.39, 0.29) is 0 Å². The molecule has 2 heterocycles. The highest BCUT2D eigenvalue weighted by molar-refractivity contribution is 5.38. The van der Waals surface area contributed by atoms with Crippen molar-refractivity contribution in [1.29, 1.82) is 0 Å². The van der Waals surface area contributed by atoms with Gasteiger partial charge in [0, 0.05) is 30.6 Å². The number of nitrogens with zero attached hydrogens (tertiary/aromatic N) is 3. The molecule has 1 aliphatic rings. The third kappa shape index (κ3) is 3.01. The Balaban J connectivity index is 1.57. The molecule has 0 amide bonds. The standard InChI is InChI=1S/C15H20N4/c1-12-7-15-17-10-14(11-19(15)18-12)9-16-8-13-5-3-2-4-6-13/h2-3,7,10-11,13,16H,4-6,8-9H2,1H3. The maximum atomic E-state index is 4.42. The van der Waals surface area contributed by atoms with Gasteiger partial charge < -0.3 is 5.32 Å². The van der Waals surface area contributed by atoms with E-state index in [9.17, 15) is 0 Å². The molecular formula is C15H20N4. The Morgan fingerprint density at radius 3 is 3.21 bits per heavy atom. The van der Waals surface area contributed by atoms with Crippen LogP contribution in [0.3, 0.4) is 0 Å². The maximum Gasteiger partial charge on any atom is 0.155 e. The molecule has 0 aliphatic heterocycles. The van der Waals surface area contributed by atoms with Crippen LogP contribution >= 0.6 is 0 Å². The number of rotatable bonds is 4. The van der Waals surface area contributed by atoms with E-state index in [1.165, 1.54) is 24.8 Å². The molecule has 100 valence electrons. The Morgan fingerprint density at radius 2 is 2.37 bits per heavy atom. The van der Waals surface area contributed by atoms with E-state index in [0.717, 1.165) is 30.3 Å². The van der Waals surface area contributed by atoms with Crippen molar-refractivity contribution in [2.24, 2.45) is 5.92 Å². The molecule has 0 saturated carbocycles. The molecule has 2 aromatic rings. The molecule has 0 saturated heterocycles. The molecule has 1 unspecified atom stereocenters. The average molecular weight is 256 g/mol. The molecule has 0 fully saturated rings. The van der Waals surface area contributed by atoms with Gasteiger partial charge in [-0.05, 0) is 38.6 Å². The van der Waals surface area contributed by atoms with Crippen LogP contribution in [-0.4, -0.2) is 21.1 Å². The molecule has 3 rings (SSSR count). The maximum absolute atomic E-state index is 4.42. The number of fused-ring (bicyclic) bond motifs is 1. The lowest BCUT2D eigenvalue weighted by molar-refractivity contribution is 0.440. The largest absolute Gasteiger partial charge is 0.312 e. The number of aromatic nitrogens is 3. The Hall–Kier alpha value is -1.68. The summed E-state index contributed by atoms with van der Waals surface area (Å²) in [5.41, 5.74) is 3.10. The van der Waals surface area contributed by atoms with Gasteiger partial charge in [0.05, 0.1) is 5.69 Å². The van der Waals surface area contributed by atoms with E-state index in [4.69, 9.17) is 0 Å². The summed E-state index contributed by atoms with van der Waals surface area (Å²) in [7, 11) is 0. The fourth-order valence-electron chi connectivity index (χ4n) is 2.59. The highest BCUT2D eigenvalue weighted by atomic mass is 15.2. The van der Waals surface area contributed by atoms with Crippen LogP contribution in [-0.2, 0) is 6.54 Å². The summed E-state index contributed by atoms with van der Waals surface area (Å²) in [6.07, 6.45) is 12.3. The molecule has 4 heteroatoms. The average Bonchev–Trinajstić information content (AvgIpc) is 2.79. The molecule has 4 nitrogen and oxygen atoms in total. The van der Waals surface area contributed by atoms with Crippen LogP contribution in [0, 0.1) is 12.8 Å². The zero-order chi connectivity index (χ0) is 13.1. The van der Waals surface area contributed by atoms with Crippen molar-refractivity contribution in [3.63, 3.8) is 0 Å². The zero-order valence-corrected chi connectivity index (χ0v) is 11.3. The van der Waals surface area contributed by atoms with Crippen molar-refractivity contribution in [2.75, 3.05) is 6.54 Å². The van der Waals surface area contributed by atoms with Crippen molar-refractivity contribution in [3.8, 4) is 0 Å². The highest BCUT2D eigenvalue weighted by Crippen LogP contribution is 2.17. The number of allylic oxidation sites excluding steroid dienone is 2. The Labute approximate surface area is 113 Å². The third-order valence-electron chi connectivity index (χ3n) is 3.63. The summed E-state index contributed by atoms with van der Waals surface area (Å²) in [6.45, 7) is 3.94. The smallest absolute Gasteiger partial charge is 0.155 e. The molecular weight excluding hydrogens is 236 g/mol. The predicted molar refractivity (Wildman–Crippen MR) is 75.9 cm³/mol. The molecule has 0 aromatic carbocycles. The summed E-state index contributed by atoms with van der Waals surface area (Å²) >= 11 is 0. The van der Waals surface area contributed by atoms with E-state index >= 15 is 0 Å². The van der Waals surface area contributed by atoms with Gasteiger partial charge in [-0.25, -0.2) is 9.50 Å². The van der Waals surface area contributed by atoms with Crippen LogP contribution in [0.2, 0.25) is 0 Å². The number of aryl methyl sites for hydroxylation is 1. The summed E-state index contributed by atoms with van der Waals surface area (Å²) in [6, 6.07) is 1.99. The van der Waals surface area contributed by atoms with Crippen molar-refractivity contribution < 1.29 is 0 Å². The SMILES string of the molecule is Cc1cc2ncc(CNCC3CC=CCC3)cn2n1. The Bertz CT molecular complexity index is 585. The lowest BCUT2D eigenvalue weighted by Crippen LogP contribution is -2.23. The van der Waals surface area contributed by atoms with Crippen LogP contribution in [0.25, 0.3) is 5.65 Å². The molecule has 2 aromatic heterocycles. The van der Waals surface area contributed by atoms with Crippen molar-refractivity contribution in [2.45, 2.75) is 32.7 Å². The van der Waals surface area contributed by atoms with Crippen LogP contribution in [0.1, 0.15) is 30.5 Å². The number of nitrogens with one attached hydrogen (secondary N) is 1. The first-order valence-corrected chi connectivity index (χ1v) is 6.98. The first-order valence-electron chi connectivity index (χ1n) is 6.98. The van der Waals surface area contributed by atoms with E-state index in [1.807, 2.05) is 23.7 Å². The van der Waals surface area contributed by atoms with Crippen molar-refractivity contribution >= 4 is 5.65 Å². The van der Waals surface area contributed by atoms with Gasteiger partial charge in [-0.2, -0.15) is 5.10 Å². The Kier molecular flexibility index (Phi) is 3.60. The number of hydrogen-bond donors (Lipinski definition) is 1. The zero-order valence-electron chi connectivity index (χ0n) is 11.3. The first kappa shape index (κ1) is 12.4. The van der Waals surface area contributed by atoms with E-state index < -0.39 is 0 Å². The minimum Gasteiger partial charge on any atom is -0.312 e. The quantitative estimate of drug-likeness (QED) is 0.855. The van der Waals surface area contributed by atoms with Crippen molar-refractivity contribution in [3.05, 3.63) is 41.9 Å². The van der Waals surface area contributed by atoms with Gasteiger partial charge in [-0.3, -0.25) is 0 Å². The topological polar surface area (TPSA) is 42.2 Å². The summed E-state index contributed by atoms with van der Waals surface area (Å²) in [5.74, 6) is 0.786. The second-order valence-corrected chi connectivity index (χ2v) is 5.33. The van der Waals surface area contributed by atoms with E-state index in [2.05, 4.69) is 33.7 Å². The van der Waals surface area contributed by atoms with Crippen LogP contribution in [0.4, 0.5) is 0 Å². The highest BCUT2D eigenvalue weighted by Gasteiger charge is 2.09. The number of hydrogen-bond acceptors (Lipinski definition) is 3. The Morgan fingerprint density at radius 1 is 1.42 bits per heavy atom. The summed E-state index contributed by atoms with van der Waals surface area (Å²) in [5, 5.41) is 7.92. The second-order valence-electron chi connectivity index (χ2n) is 5.33. The van der Waals surface area contributed by atoms with Crippen LogP contribution in [0.5, 0.6) is 0 Å².